The Morgan fingerprint density at radius 2 is 1.91 bits per heavy atom. The highest BCUT2D eigenvalue weighted by atomic mass is 16.5. The van der Waals surface area contributed by atoms with Crippen LogP contribution in [-0.4, -0.2) is 13.7 Å². The Bertz CT molecular complexity index is 123. The summed E-state index contributed by atoms with van der Waals surface area (Å²) in [6, 6.07) is 0. The van der Waals surface area contributed by atoms with Gasteiger partial charge in [-0.2, -0.15) is 0 Å². The molecule has 11 heavy (non-hydrogen) atoms. The Kier molecular flexibility index (Phi) is 13.9. The smallest absolute Gasteiger partial charge is 0.0712 e. The van der Waals surface area contributed by atoms with Crippen LogP contribution in [0.4, 0.5) is 0 Å². The zero-order chi connectivity index (χ0) is 9.11. The summed E-state index contributed by atoms with van der Waals surface area (Å²) in [7, 11) is 1.65. The van der Waals surface area contributed by atoms with Gasteiger partial charge >= 0.3 is 0 Å². The fourth-order valence-corrected chi connectivity index (χ4v) is 0.493. The molecule has 1 heteroatoms. The summed E-state index contributed by atoms with van der Waals surface area (Å²) >= 11 is 0. The number of hydrogen-bond acceptors (Lipinski definition) is 1. The highest BCUT2D eigenvalue weighted by molar-refractivity contribution is 5.21. The molecule has 0 aliphatic carbocycles. The molecule has 0 rings (SSSR count). The van der Waals surface area contributed by atoms with Crippen LogP contribution in [0.15, 0.2) is 37.0 Å². The van der Waals surface area contributed by atoms with Crippen molar-refractivity contribution in [1.82, 2.24) is 0 Å². The van der Waals surface area contributed by atoms with Crippen molar-refractivity contribution in [2.75, 3.05) is 13.7 Å². The van der Waals surface area contributed by atoms with Gasteiger partial charge in [-0.25, -0.2) is 0 Å². The van der Waals surface area contributed by atoms with Crippen molar-refractivity contribution in [2.45, 2.75) is 13.8 Å². The van der Waals surface area contributed by atoms with Gasteiger partial charge in [0.15, 0.2) is 0 Å². The lowest BCUT2D eigenvalue weighted by molar-refractivity contribution is 0.228. The highest BCUT2D eigenvalue weighted by Crippen LogP contribution is 1.94. The summed E-state index contributed by atoms with van der Waals surface area (Å²) in [5.41, 5.74) is 1.05. The molecule has 0 fully saturated rings. The SMILES string of the molecule is C=C/C=C(\C=C)COC.CC. The zero-order valence-corrected chi connectivity index (χ0v) is 7.76. The van der Waals surface area contributed by atoms with Crippen molar-refractivity contribution in [3.8, 4) is 0 Å². The Morgan fingerprint density at radius 3 is 2.18 bits per heavy atom. The van der Waals surface area contributed by atoms with Crippen LogP contribution in [0.1, 0.15) is 13.8 Å². The van der Waals surface area contributed by atoms with Crippen LogP contribution < -0.4 is 0 Å². The van der Waals surface area contributed by atoms with E-state index in [1.807, 2.05) is 19.9 Å². The second-order valence-corrected chi connectivity index (χ2v) is 1.61. The lowest BCUT2D eigenvalue weighted by Crippen LogP contribution is -1.89. The Balaban J connectivity index is 0. The summed E-state index contributed by atoms with van der Waals surface area (Å²) in [4.78, 5) is 0. The molecule has 0 heterocycles. The van der Waals surface area contributed by atoms with E-state index in [9.17, 15) is 0 Å². The molecule has 0 N–H and O–H groups in total. The monoisotopic (exact) mass is 154 g/mol. The molecule has 0 saturated carbocycles. The highest BCUT2D eigenvalue weighted by Gasteiger charge is 1.84. The molecule has 0 unspecified atom stereocenters. The maximum absolute atomic E-state index is 4.86. The molecule has 1 nitrogen and oxygen atoms in total. The molecule has 0 bridgehead atoms. The third-order valence-electron chi connectivity index (χ3n) is 0.905. The molecule has 0 aliphatic rings. The van der Waals surface area contributed by atoms with Gasteiger partial charge in [-0.3, -0.25) is 0 Å². The van der Waals surface area contributed by atoms with Crippen LogP contribution >= 0.6 is 0 Å². The quantitative estimate of drug-likeness (QED) is 0.566. The second kappa shape index (κ2) is 11.9. The summed E-state index contributed by atoms with van der Waals surface area (Å²) in [5, 5.41) is 0. The van der Waals surface area contributed by atoms with Gasteiger partial charge in [0.05, 0.1) is 6.61 Å². The standard InChI is InChI=1S/C8H12O.C2H6/c1-4-6-8(5-2)7-9-3;1-2/h4-6H,1-2,7H2,3H3;1-2H3/b8-6+;. The molecule has 0 aromatic heterocycles. The van der Waals surface area contributed by atoms with Crippen LogP contribution in [0.25, 0.3) is 0 Å². The summed E-state index contributed by atoms with van der Waals surface area (Å²) in [6.45, 7) is 11.8. The number of ether oxygens (including phenoxy) is 1. The predicted octanol–water partition coefficient (Wildman–Crippen LogP) is 2.96. The zero-order valence-electron chi connectivity index (χ0n) is 7.76. The largest absolute Gasteiger partial charge is 0.380 e. The molecule has 0 amide bonds. The van der Waals surface area contributed by atoms with E-state index >= 15 is 0 Å². The normalized spacial score (nSPS) is 9.55. The molecular formula is C10H18O. The van der Waals surface area contributed by atoms with E-state index in [0.717, 1.165) is 5.57 Å². The summed E-state index contributed by atoms with van der Waals surface area (Å²) in [5.74, 6) is 0. The summed E-state index contributed by atoms with van der Waals surface area (Å²) < 4.78 is 4.86. The van der Waals surface area contributed by atoms with Crippen LogP contribution in [-0.2, 0) is 4.74 Å². The molecule has 0 atom stereocenters. The number of allylic oxidation sites excluding steroid dienone is 2. The minimum atomic E-state index is 0.607. The van der Waals surface area contributed by atoms with Gasteiger partial charge in [0.1, 0.15) is 0 Å². The number of hydrogen-bond donors (Lipinski definition) is 0. The van der Waals surface area contributed by atoms with Crippen LogP contribution in [0.3, 0.4) is 0 Å². The maximum Gasteiger partial charge on any atom is 0.0712 e. The molecule has 0 aromatic rings. The minimum absolute atomic E-state index is 0.607. The third kappa shape index (κ3) is 9.18. The van der Waals surface area contributed by atoms with Crippen LogP contribution in [0, 0.1) is 0 Å². The van der Waals surface area contributed by atoms with Crippen molar-refractivity contribution in [1.29, 1.82) is 0 Å². The lowest BCUT2D eigenvalue weighted by atomic mass is 10.2. The van der Waals surface area contributed by atoms with Gasteiger partial charge in [0.2, 0.25) is 0 Å². The first-order valence-electron chi connectivity index (χ1n) is 3.78. The molecule has 64 valence electrons. The van der Waals surface area contributed by atoms with Crippen LogP contribution in [0.2, 0.25) is 0 Å². The van der Waals surface area contributed by atoms with E-state index in [1.54, 1.807) is 19.3 Å². The van der Waals surface area contributed by atoms with Gasteiger partial charge in [0.25, 0.3) is 0 Å². The molecule has 0 saturated heterocycles. The molecule has 0 aliphatic heterocycles. The first-order chi connectivity index (χ1) is 5.35. The fraction of sp³-hybridized carbons (Fsp3) is 0.400. The van der Waals surface area contributed by atoms with Crippen molar-refractivity contribution >= 4 is 0 Å². The number of methoxy groups -OCH3 is 1. The Hall–Kier alpha value is -0.820. The Morgan fingerprint density at radius 1 is 1.36 bits per heavy atom. The van der Waals surface area contributed by atoms with E-state index in [2.05, 4.69) is 13.2 Å². The average Bonchev–Trinajstić information content (AvgIpc) is 2.08. The predicted molar refractivity (Wildman–Crippen MR) is 51.7 cm³/mol. The van der Waals surface area contributed by atoms with Gasteiger partial charge in [-0.1, -0.05) is 45.2 Å². The fourth-order valence-electron chi connectivity index (χ4n) is 0.493. The molecule has 0 spiro atoms. The average molecular weight is 154 g/mol. The Labute approximate surface area is 70.1 Å². The molecular weight excluding hydrogens is 136 g/mol. The van der Waals surface area contributed by atoms with E-state index in [-0.39, 0.29) is 0 Å². The van der Waals surface area contributed by atoms with Crippen molar-refractivity contribution < 1.29 is 4.74 Å². The van der Waals surface area contributed by atoms with Crippen molar-refractivity contribution in [2.24, 2.45) is 0 Å². The lowest BCUT2D eigenvalue weighted by Gasteiger charge is -1.95. The first kappa shape index (κ1) is 12.8. The van der Waals surface area contributed by atoms with E-state index in [0.29, 0.717) is 6.61 Å². The molecule has 0 radical (unpaired) electrons. The van der Waals surface area contributed by atoms with E-state index in [1.165, 1.54) is 0 Å². The van der Waals surface area contributed by atoms with Gasteiger partial charge in [-0.15, -0.1) is 0 Å². The topological polar surface area (TPSA) is 9.23 Å². The number of rotatable bonds is 4. The second-order valence-electron chi connectivity index (χ2n) is 1.61. The van der Waals surface area contributed by atoms with Crippen molar-refractivity contribution in [3.63, 3.8) is 0 Å². The van der Waals surface area contributed by atoms with Gasteiger partial charge < -0.3 is 4.74 Å². The van der Waals surface area contributed by atoms with Crippen molar-refractivity contribution in [3.05, 3.63) is 37.0 Å². The minimum Gasteiger partial charge on any atom is -0.380 e. The van der Waals surface area contributed by atoms with Crippen LogP contribution in [0.5, 0.6) is 0 Å². The maximum atomic E-state index is 4.86. The van der Waals surface area contributed by atoms with Gasteiger partial charge in [-0.05, 0) is 5.57 Å². The first-order valence-corrected chi connectivity index (χ1v) is 3.78. The van der Waals surface area contributed by atoms with E-state index < -0.39 is 0 Å². The van der Waals surface area contributed by atoms with Gasteiger partial charge in [0, 0.05) is 7.11 Å². The summed E-state index contributed by atoms with van der Waals surface area (Å²) in [6.07, 6.45) is 5.34. The van der Waals surface area contributed by atoms with E-state index in [4.69, 9.17) is 4.74 Å². The molecule has 0 aromatic carbocycles. The third-order valence-corrected chi connectivity index (χ3v) is 0.905.